The van der Waals surface area contributed by atoms with Gasteiger partial charge >= 0.3 is 0 Å². The topological polar surface area (TPSA) is 36.8 Å². The first-order valence-electron chi connectivity index (χ1n) is 5.44. The smallest absolute Gasteiger partial charge is 0.0443 e. The molecule has 1 N–H and O–H groups in total. The molecule has 0 aliphatic rings. The molecule has 3 nitrogen and oxygen atoms in total. The Hall–Kier alpha value is -1.64. The Bertz CT molecular complexity index is 392. The van der Waals surface area contributed by atoms with Gasteiger partial charge in [-0.15, -0.1) is 0 Å². The van der Waals surface area contributed by atoms with E-state index in [1.807, 2.05) is 19.5 Å². The second-order valence-corrected chi connectivity index (χ2v) is 3.90. The molecular weight excluding hydrogens is 198 g/mol. The summed E-state index contributed by atoms with van der Waals surface area (Å²) in [5.41, 5.74) is 3.25. The van der Waals surface area contributed by atoms with Crippen molar-refractivity contribution in [3.05, 3.63) is 29.3 Å². The number of nitrogens with one attached hydrogen (secondary N) is 1. The number of anilines is 1. The Balaban J connectivity index is 3.04. The van der Waals surface area contributed by atoms with Crippen molar-refractivity contribution in [3.63, 3.8) is 0 Å². The highest BCUT2D eigenvalue weighted by Gasteiger charge is 1.97. The van der Waals surface area contributed by atoms with Crippen molar-refractivity contribution < 1.29 is 0 Å². The van der Waals surface area contributed by atoms with E-state index in [1.54, 1.807) is 7.05 Å². The maximum absolute atomic E-state index is 4.37. The molecule has 86 valence electrons. The summed E-state index contributed by atoms with van der Waals surface area (Å²) in [6.07, 6.45) is 3.74. The Morgan fingerprint density at radius 3 is 2.25 bits per heavy atom. The highest BCUT2D eigenvalue weighted by molar-refractivity contribution is 5.88. The molecule has 0 unspecified atom stereocenters. The zero-order valence-corrected chi connectivity index (χ0v) is 10.4. The van der Waals surface area contributed by atoms with E-state index in [4.69, 9.17) is 0 Å². The van der Waals surface area contributed by atoms with Crippen LogP contribution in [-0.2, 0) is 0 Å². The Morgan fingerprint density at radius 1 is 1.12 bits per heavy atom. The van der Waals surface area contributed by atoms with Gasteiger partial charge in [0.2, 0.25) is 0 Å². The van der Waals surface area contributed by atoms with E-state index >= 15 is 0 Å². The Morgan fingerprint density at radius 2 is 1.75 bits per heavy atom. The molecule has 0 aromatic heterocycles. The van der Waals surface area contributed by atoms with Crippen LogP contribution in [0.3, 0.4) is 0 Å². The fourth-order valence-corrected chi connectivity index (χ4v) is 1.35. The summed E-state index contributed by atoms with van der Waals surface area (Å²) in [6.45, 7) is 4.12. The van der Waals surface area contributed by atoms with E-state index in [0.29, 0.717) is 6.04 Å². The lowest BCUT2D eigenvalue weighted by molar-refractivity contribution is 0.841. The number of benzene rings is 1. The lowest BCUT2D eigenvalue weighted by atomic mass is 10.1. The molecule has 0 bridgehead atoms. The zero-order valence-electron chi connectivity index (χ0n) is 10.4. The van der Waals surface area contributed by atoms with Crippen LogP contribution in [0.25, 0.3) is 0 Å². The van der Waals surface area contributed by atoms with Crippen molar-refractivity contribution in [3.8, 4) is 0 Å². The van der Waals surface area contributed by atoms with Crippen molar-refractivity contribution in [2.45, 2.75) is 19.9 Å². The van der Waals surface area contributed by atoms with Crippen molar-refractivity contribution >= 4 is 18.1 Å². The van der Waals surface area contributed by atoms with Gasteiger partial charge in [-0.1, -0.05) is 0 Å². The monoisotopic (exact) mass is 217 g/mol. The average Bonchev–Trinajstić information content (AvgIpc) is 2.26. The predicted molar refractivity (Wildman–Crippen MR) is 72.2 cm³/mol. The third-order valence-corrected chi connectivity index (χ3v) is 2.07. The highest BCUT2D eigenvalue weighted by Crippen LogP contribution is 2.12. The van der Waals surface area contributed by atoms with Crippen LogP contribution < -0.4 is 5.32 Å². The molecule has 1 aromatic rings. The third kappa shape index (κ3) is 3.85. The molecule has 0 saturated heterocycles. The number of rotatable bonds is 4. The lowest BCUT2D eigenvalue weighted by Gasteiger charge is -2.04. The van der Waals surface area contributed by atoms with E-state index in [1.165, 1.54) is 0 Å². The number of hydrogen-bond donors (Lipinski definition) is 1. The highest BCUT2D eigenvalue weighted by atomic mass is 14.8. The number of aliphatic imine (C=N–C) groups is 2. The molecule has 0 amide bonds. The normalized spacial score (nSPS) is 11.8. The first-order chi connectivity index (χ1) is 7.65. The van der Waals surface area contributed by atoms with Gasteiger partial charge in [-0.3, -0.25) is 9.98 Å². The molecule has 0 spiro atoms. The fourth-order valence-electron chi connectivity index (χ4n) is 1.35. The van der Waals surface area contributed by atoms with Crippen LogP contribution in [0.15, 0.2) is 28.2 Å². The van der Waals surface area contributed by atoms with Gasteiger partial charge in [0.1, 0.15) is 0 Å². The summed E-state index contributed by atoms with van der Waals surface area (Å²) >= 11 is 0. The molecule has 0 aliphatic carbocycles. The SMILES string of the molecule is CN=Cc1cc(C=NC(C)C)cc(NC)c1. The summed E-state index contributed by atoms with van der Waals surface area (Å²) in [7, 11) is 3.68. The Labute approximate surface area is 97.3 Å². The third-order valence-electron chi connectivity index (χ3n) is 2.07. The summed E-state index contributed by atoms with van der Waals surface area (Å²) in [5, 5.41) is 3.13. The van der Waals surface area contributed by atoms with Crippen LogP contribution in [0, 0.1) is 0 Å². The van der Waals surface area contributed by atoms with Gasteiger partial charge in [-0.2, -0.15) is 0 Å². The van der Waals surface area contributed by atoms with Gasteiger partial charge < -0.3 is 5.32 Å². The molecule has 3 heteroatoms. The predicted octanol–water partition coefficient (Wildman–Crippen LogP) is 2.60. The van der Waals surface area contributed by atoms with Crippen LogP contribution in [-0.4, -0.2) is 32.6 Å². The van der Waals surface area contributed by atoms with E-state index in [-0.39, 0.29) is 0 Å². The van der Waals surface area contributed by atoms with E-state index in [2.05, 4.69) is 47.3 Å². The van der Waals surface area contributed by atoms with E-state index < -0.39 is 0 Å². The first kappa shape index (κ1) is 12.4. The summed E-state index contributed by atoms with van der Waals surface area (Å²) in [5.74, 6) is 0. The van der Waals surface area contributed by atoms with Crippen molar-refractivity contribution in [1.82, 2.24) is 0 Å². The van der Waals surface area contributed by atoms with Gasteiger partial charge in [0, 0.05) is 38.3 Å². The molecular formula is C13H19N3. The molecule has 0 fully saturated rings. The van der Waals surface area contributed by atoms with Gasteiger partial charge in [0.05, 0.1) is 0 Å². The molecule has 0 saturated carbocycles. The number of hydrogen-bond acceptors (Lipinski definition) is 3. The van der Waals surface area contributed by atoms with Gasteiger partial charge in [0.25, 0.3) is 0 Å². The van der Waals surface area contributed by atoms with Crippen molar-refractivity contribution in [2.75, 3.05) is 19.4 Å². The molecule has 1 rings (SSSR count). The largest absolute Gasteiger partial charge is 0.388 e. The zero-order chi connectivity index (χ0) is 12.0. The molecule has 1 aromatic carbocycles. The summed E-state index contributed by atoms with van der Waals surface area (Å²) < 4.78 is 0. The van der Waals surface area contributed by atoms with E-state index in [9.17, 15) is 0 Å². The van der Waals surface area contributed by atoms with Crippen LogP contribution in [0.1, 0.15) is 25.0 Å². The maximum Gasteiger partial charge on any atom is 0.0443 e. The minimum absolute atomic E-state index is 0.321. The Kier molecular flexibility index (Phi) is 4.70. The summed E-state index contributed by atoms with van der Waals surface area (Å²) in [4.78, 5) is 8.39. The molecule has 0 radical (unpaired) electrons. The van der Waals surface area contributed by atoms with Crippen LogP contribution in [0.2, 0.25) is 0 Å². The fraction of sp³-hybridized carbons (Fsp3) is 0.385. The maximum atomic E-state index is 4.37. The summed E-state index contributed by atoms with van der Waals surface area (Å²) in [6, 6.07) is 6.51. The van der Waals surface area contributed by atoms with Crippen LogP contribution in [0.5, 0.6) is 0 Å². The quantitative estimate of drug-likeness (QED) is 0.773. The standard InChI is InChI=1S/C13H19N3/c1-10(2)16-9-12-5-11(8-14-3)6-13(7-12)15-4/h5-10,15H,1-4H3. The molecule has 0 aliphatic heterocycles. The van der Waals surface area contributed by atoms with Crippen LogP contribution in [0.4, 0.5) is 5.69 Å². The minimum Gasteiger partial charge on any atom is -0.388 e. The van der Waals surface area contributed by atoms with Crippen molar-refractivity contribution in [1.29, 1.82) is 0 Å². The molecule has 16 heavy (non-hydrogen) atoms. The van der Waals surface area contributed by atoms with Gasteiger partial charge in [-0.25, -0.2) is 0 Å². The minimum atomic E-state index is 0.321. The van der Waals surface area contributed by atoms with E-state index in [0.717, 1.165) is 16.8 Å². The second-order valence-electron chi connectivity index (χ2n) is 3.90. The first-order valence-corrected chi connectivity index (χ1v) is 5.44. The molecule has 0 atom stereocenters. The lowest BCUT2D eigenvalue weighted by Crippen LogP contribution is -1.95. The van der Waals surface area contributed by atoms with Gasteiger partial charge in [-0.05, 0) is 43.2 Å². The van der Waals surface area contributed by atoms with Crippen LogP contribution >= 0.6 is 0 Å². The average molecular weight is 217 g/mol. The van der Waals surface area contributed by atoms with Gasteiger partial charge in [0.15, 0.2) is 0 Å². The second kappa shape index (κ2) is 6.05. The molecule has 0 heterocycles. The van der Waals surface area contributed by atoms with Crippen molar-refractivity contribution in [2.24, 2.45) is 9.98 Å². The number of nitrogens with zero attached hydrogens (tertiary/aromatic N) is 2.